The molecule has 0 bridgehead atoms. The fourth-order valence-electron chi connectivity index (χ4n) is 2.39. The van der Waals surface area contributed by atoms with Crippen LogP contribution in [-0.2, 0) is 17.6 Å². The van der Waals surface area contributed by atoms with E-state index in [4.69, 9.17) is 5.11 Å². The van der Waals surface area contributed by atoms with E-state index in [1.165, 1.54) is 22.7 Å². The highest BCUT2D eigenvalue weighted by molar-refractivity contribution is 7.18. The highest BCUT2D eigenvalue weighted by Crippen LogP contribution is 2.34. The first-order valence-electron chi connectivity index (χ1n) is 5.84. The van der Waals surface area contributed by atoms with Gasteiger partial charge in [0.1, 0.15) is 10.9 Å². The molecule has 2 aromatic heterocycles. The lowest BCUT2D eigenvalue weighted by atomic mass is 10.2. The SMILES string of the molecule is C[C@@H](C(=O)O)n1cnc2sc3c(c2c1=O)CCC3. The van der Waals surface area contributed by atoms with Crippen molar-refractivity contribution in [3.8, 4) is 0 Å². The van der Waals surface area contributed by atoms with Crippen LogP contribution < -0.4 is 5.56 Å². The fourth-order valence-corrected chi connectivity index (χ4v) is 3.61. The van der Waals surface area contributed by atoms with Gasteiger partial charge in [0, 0.05) is 4.88 Å². The Morgan fingerprint density at radius 2 is 2.33 bits per heavy atom. The summed E-state index contributed by atoms with van der Waals surface area (Å²) >= 11 is 1.56. The number of hydrogen-bond acceptors (Lipinski definition) is 4. The molecule has 3 rings (SSSR count). The summed E-state index contributed by atoms with van der Waals surface area (Å²) in [5.41, 5.74) is 0.855. The maximum absolute atomic E-state index is 12.4. The minimum atomic E-state index is -1.02. The Labute approximate surface area is 107 Å². The molecule has 6 heteroatoms. The van der Waals surface area contributed by atoms with E-state index in [0.717, 1.165) is 29.7 Å². The van der Waals surface area contributed by atoms with Crippen LogP contribution in [0, 0.1) is 0 Å². The number of nitrogens with zero attached hydrogens (tertiary/aromatic N) is 2. The second-order valence-corrected chi connectivity index (χ2v) is 5.59. The Kier molecular flexibility index (Phi) is 2.48. The number of carboxylic acid groups (broad SMARTS) is 1. The summed E-state index contributed by atoms with van der Waals surface area (Å²) in [5.74, 6) is -1.02. The second-order valence-electron chi connectivity index (χ2n) is 4.51. The van der Waals surface area contributed by atoms with Crippen LogP contribution in [0.15, 0.2) is 11.1 Å². The molecule has 0 aliphatic heterocycles. The Morgan fingerprint density at radius 3 is 3.06 bits per heavy atom. The van der Waals surface area contributed by atoms with E-state index in [1.807, 2.05) is 0 Å². The van der Waals surface area contributed by atoms with Crippen molar-refractivity contribution in [1.82, 2.24) is 9.55 Å². The van der Waals surface area contributed by atoms with Crippen molar-refractivity contribution < 1.29 is 9.90 Å². The lowest BCUT2D eigenvalue weighted by Gasteiger charge is -2.09. The van der Waals surface area contributed by atoms with E-state index in [0.29, 0.717) is 5.39 Å². The van der Waals surface area contributed by atoms with Gasteiger partial charge in [-0.25, -0.2) is 9.78 Å². The molecule has 5 nitrogen and oxygen atoms in total. The molecule has 2 heterocycles. The molecule has 1 aliphatic carbocycles. The molecular weight excluding hydrogens is 252 g/mol. The predicted octanol–water partition coefficient (Wildman–Crippen LogP) is 1.59. The van der Waals surface area contributed by atoms with E-state index >= 15 is 0 Å². The Hall–Kier alpha value is -1.69. The average molecular weight is 264 g/mol. The van der Waals surface area contributed by atoms with Gasteiger partial charge in [0.25, 0.3) is 5.56 Å². The zero-order valence-corrected chi connectivity index (χ0v) is 10.7. The van der Waals surface area contributed by atoms with E-state index in [1.54, 1.807) is 11.3 Å². The van der Waals surface area contributed by atoms with Crippen LogP contribution in [0.1, 0.15) is 29.8 Å². The third kappa shape index (κ3) is 1.49. The van der Waals surface area contributed by atoms with Crippen LogP contribution in [0.5, 0.6) is 0 Å². The summed E-state index contributed by atoms with van der Waals surface area (Å²) in [5, 5.41) is 9.62. The number of aryl methyl sites for hydroxylation is 2. The number of carboxylic acids is 1. The van der Waals surface area contributed by atoms with Crippen molar-refractivity contribution in [2.45, 2.75) is 32.2 Å². The normalized spacial score (nSPS) is 15.8. The van der Waals surface area contributed by atoms with Crippen LogP contribution in [0.4, 0.5) is 0 Å². The van der Waals surface area contributed by atoms with E-state index in [-0.39, 0.29) is 5.56 Å². The van der Waals surface area contributed by atoms with Gasteiger partial charge in [0.15, 0.2) is 0 Å². The molecule has 0 fully saturated rings. The Balaban J connectivity index is 2.29. The minimum Gasteiger partial charge on any atom is -0.480 e. The first-order valence-corrected chi connectivity index (χ1v) is 6.65. The van der Waals surface area contributed by atoms with Gasteiger partial charge < -0.3 is 5.11 Å². The molecular formula is C12H12N2O3S. The van der Waals surface area contributed by atoms with Crippen molar-refractivity contribution in [1.29, 1.82) is 0 Å². The van der Waals surface area contributed by atoms with Gasteiger partial charge in [-0.1, -0.05) is 0 Å². The molecule has 0 unspecified atom stereocenters. The van der Waals surface area contributed by atoms with Gasteiger partial charge >= 0.3 is 5.97 Å². The molecule has 1 aliphatic rings. The fraction of sp³-hybridized carbons (Fsp3) is 0.417. The first kappa shape index (κ1) is 11.4. The summed E-state index contributed by atoms with van der Waals surface area (Å²) in [6, 6.07) is -0.883. The first-order chi connectivity index (χ1) is 8.59. The molecule has 0 radical (unpaired) electrons. The third-order valence-electron chi connectivity index (χ3n) is 3.43. The largest absolute Gasteiger partial charge is 0.480 e. The smallest absolute Gasteiger partial charge is 0.326 e. The van der Waals surface area contributed by atoms with Gasteiger partial charge in [-0.2, -0.15) is 0 Å². The number of carbonyl (C=O) groups is 1. The van der Waals surface area contributed by atoms with Crippen LogP contribution in [-0.4, -0.2) is 20.6 Å². The van der Waals surface area contributed by atoms with Crippen molar-refractivity contribution in [2.24, 2.45) is 0 Å². The zero-order chi connectivity index (χ0) is 12.9. The monoisotopic (exact) mass is 264 g/mol. The van der Waals surface area contributed by atoms with Crippen molar-refractivity contribution in [3.05, 3.63) is 27.1 Å². The molecule has 0 saturated carbocycles. The van der Waals surface area contributed by atoms with Crippen molar-refractivity contribution in [2.75, 3.05) is 0 Å². The van der Waals surface area contributed by atoms with E-state index in [2.05, 4.69) is 4.98 Å². The standard InChI is InChI=1S/C12H12N2O3S/c1-6(12(16)17)14-5-13-10-9(11(14)15)7-3-2-4-8(7)18-10/h5-6H,2-4H2,1H3,(H,16,17)/t6-/m0/s1. The number of fused-ring (bicyclic) bond motifs is 3. The topological polar surface area (TPSA) is 72.2 Å². The summed E-state index contributed by atoms with van der Waals surface area (Å²) in [7, 11) is 0. The van der Waals surface area contributed by atoms with Gasteiger partial charge in [0.2, 0.25) is 0 Å². The second kappa shape index (κ2) is 3.91. The predicted molar refractivity (Wildman–Crippen MR) is 68.3 cm³/mol. The molecule has 0 spiro atoms. The number of hydrogen-bond donors (Lipinski definition) is 1. The maximum atomic E-state index is 12.4. The molecule has 1 N–H and O–H groups in total. The lowest BCUT2D eigenvalue weighted by Crippen LogP contribution is -2.28. The van der Waals surface area contributed by atoms with Crippen LogP contribution in [0.25, 0.3) is 10.2 Å². The maximum Gasteiger partial charge on any atom is 0.326 e. The minimum absolute atomic E-state index is 0.227. The van der Waals surface area contributed by atoms with Gasteiger partial charge in [-0.05, 0) is 31.7 Å². The van der Waals surface area contributed by atoms with Crippen molar-refractivity contribution >= 4 is 27.5 Å². The van der Waals surface area contributed by atoms with Crippen LogP contribution in [0.2, 0.25) is 0 Å². The third-order valence-corrected chi connectivity index (χ3v) is 4.62. The quantitative estimate of drug-likeness (QED) is 0.894. The highest BCUT2D eigenvalue weighted by Gasteiger charge is 2.23. The summed E-state index contributed by atoms with van der Waals surface area (Å²) in [6.07, 6.45) is 4.32. The van der Waals surface area contributed by atoms with Gasteiger partial charge in [0.05, 0.1) is 11.7 Å². The Morgan fingerprint density at radius 1 is 1.56 bits per heavy atom. The number of rotatable bonds is 2. The average Bonchev–Trinajstić information content (AvgIpc) is 2.88. The molecule has 0 aromatic carbocycles. The summed E-state index contributed by atoms with van der Waals surface area (Å²) in [4.78, 5) is 29.5. The molecule has 2 aromatic rings. The van der Waals surface area contributed by atoms with Gasteiger partial charge in [-0.15, -0.1) is 11.3 Å². The summed E-state index contributed by atoms with van der Waals surface area (Å²) in [6.45, 7) is 1.49. The molecule has 1 atom stereocenters. The van der Waals surface area contributed by atoms with E-state index < -0.39 is 12.0 Å². The number of aromatic nitrogens is 2. The number of aliphatic carboxylic acids is 1. The molecule has 94 valence electrons. The lowest BCUT2D eigenvalue weighted by molar-refractivity contribution is -0.140. The zero-order valence-electron chi connectivity index (χ0n) is 9.84. The van der Waals surface area contributed by atoms with Crippen LogP contribution in [0.3, 0.4) is 0 Å². The highest BCUT2D eigenvalue weighted by atomic mass is 32.1. The molecule has 0 saturated heterocycles. The number of thiophene rings is 1. The van der Waals surface area contributed by atoms with Crippen molar-refractivity contribution in [3.63, 3.8) is 0 Å². The van der Waals surface area contributed by atoms with Gasteiger partial charge in [-0.3, -0.25) is 9.36 Å². The Bertz CT molecular complexity index is 701. The van der Waals surface area contributed by atoms with E-state index in [9.17, 15) is 9.59 Å². The molecule has 18 heavy (non-hydrogen) atoms. The molecule has 0 amide bonds. The summed E-state index contributed by atoms with van der Waals surface area (Å²) < 4.78 is 1.20. The van der Waals surface area contributed by atoms with Crippen LogP contribution >= 0.6 is 11.3 Å².